The molecule has 0 bridgehead atoms. The Morgan fingerprint density at radius 3 is 2.72 bits per heavy atom. The predicted molar refractivity (Wildman–Crippen MR) is 92.2 cm³/mol. The molecule has 1 N–H and O–H groups in total. The van der Waals surface area contributed by atoms with Crippen LogP contribution in [0, 0.1) is 0 Å². The van der Waals surface area contributed by atoms with Crippen LogP contribution in [-0.2, 0) is 6.54 Å². The Hall–Kier alpha value is -2.99. The second-order valence-electron chi connectivity index (χ2n) is 5.07. The predicted octanol–water partition coefficient (Wildman–Crippen LogP) is 4.06. The van der Waals surface area contributed by atoms with Gasteiger partial charge in [-0.3, -0.25) is 4.79 Å². The van der Waals surface area contributed by atoms with Gasteiger partial charge in [0.1, 0.15) is 11.5 Å². The number of ether oxygens (including phenoxy) is 2. The topological polar surface area (TPSA) is 73.6 Å². The molecule has 6 nitrogen and oxygen atoms in total. The fourth-order valence-corrected chi connectivity index (χ4v) is 2.21. The van der Waals surface area contributed by atoms with E-state index < -0.39 is 0 Å². The van der Waals surface area contributed by atoms with Gasteiger partial charge in [0, 0.05) is 24.9 Å². The molecule has 0 saturated heterocycles. The number of amides is 1. The van der Waals surface area contributed by atoms with Crippen molar-refractivity contribution in [3.8, 4) is 17.4 Å². The quantitative estimate of drug-likeness (QED) is 0.719. The summed E-state index contributed by atoms with van der Waals surface area (Å²) in [5.41, 5.74) is 0.823. The number of carbonyl (C=O) groups excluding carboxylic acids is 1. The van der Waals surface area contributed by atoms with Crippen molar-refractivity contribution in [3.05, 3.63) is 71.3 Å². The van der Waals surface area contributed by atoms with Gasteiger partial charge in [0.15, 0.2) is 11.0 Å². The first-order chi connectivity index (χ1) is 12.1. The number of aromatic nitrogens is 1. The van der Waals surface area contributed by atoms with Crippen molar-refractivity contribution in [2.24, 2.45) is 0 Å². The zero-order valence-corrected chi connectivity index (χ0v) is 14.1. The van der Waals surface area contributed by atoms with Gasteiger partial charge in [-0.2, -0.15) is 0 Å². The van der Waals surface area contributed by atoms with Crippen LogP contribution in [0.5, 0.6) is 17.4 Å². The lowest BCUT2D eigenvalue weighted by Gasteiger charge is -2.07. The number of carbonyl (C=O) groups is 1. The fourth-order valence-electron chi connectivity index (χ4n) is 2.07. The number of hydrogen-bond donors (Lipinski definition) is 1. The van der Waals surface area contributed by atoms with Crippen LogP contribution in [0.4, 0.5) is 0 Å². The van der Waals surface area contributed by atoms with Crippen molar-refractivity contribution in [3.63, 3.8) is 0 Å². The first kappa shape index (κ1) is 16.9. The number of hydrogen-bond acceptors (Lipinski definition) is 5. The number of nitrogens with one attached hydrogen (secondary N) is 1. The number of methoxy groups -OCH3 is 1. The SMILES string of the molecule is COc1cccc(Oc2ccc(CNC(=O)c3ccc(Cl)o3)cn2)c1. The molecule has 3 aromatic rings. The lowest BCUT2D eigenvalue weighted by Crippen LogP contribution is -2.22. The third-order valence-corrected chi connectivity index (χ3v) is 3.51. The Morgan fingerprint density at radius 2 is 2.04 bits per heavy atom. The van der Waals surface area contributed by atoms with Crippen LogP contribution >= 0.6 is 11.6 Å². The Bertz CT molecular complexity index is 862. The number of pyridine rings is 1. The summed E-state index contributed by atoms with van der Waals surface area (Å²) in [5.74, 6) is 1.60. The monoisotopic (exact) mass is 358 g/mol. The highest BCUT2D eigenvalue weighted by Crippen LogP contribution is 2.23. The zero-order chi connectivity index (χ0) is 17.6. The number of halogens is 1. The minimum atomic E-state index is -0.344. The molecule has 1 amide bonds. The lowest BCUT2D eigenvalue weighted by molar-refractivity contribution is 0.0923. The average Bonchev–Trinajstić information content (AvgIpc) is 3.07. The molecule has 0 saturated carbocycles. The molecular weight excluding hydrogens is 344 g/mol. The van der Waals surface area contributed by atoms with E-state index in [1.165, 1.54) is 12.1 Å². The maximum atomic E-state index is 11.9. The van der Waals surface area contributed by atoms with E-state index in [2.05, 4.69) is 10.3 Å². The van der Waals surface area contributed by atoms with Crippen molar-refractivity contribution in [2.75, 3.05) is 7.11 Å². The van der Waals surface area contributed by atoms with Crippen molar-refractivity contribution in [1.82, 2.24) is 10.3 Å². The summed E-state index contributed by atoms with van der Waals surface area (Å²) in [5, 5.41) is 2.90. The molecule has 25 heavy (non-hydrogen) atoms. The van der Waals surface area contributed by atoms with Gasteiger partial charge in [-0.15, -0.1) is 0 Å². The summed E-state index contributed by atoms with van der Waals surface area (Å²) < 4.78 is 15.9. The molecule has 7 heteroatoms. The normalized spacial score (nSPS) is 10.3. The highest BCUT2D eigenvalue weighted by Gasteiger charge is 2.10. The second-order valence-corrected chi connectivity index (χ2v) is 5.44. The molecule has 1 aromatic carbocycles. The first-order valence-electron chi connectivity index (χ1n) is 7.44. The van der Waals surface area contributed by atoms with E-state index in [9.17, 15) is 4.79 Å². The fraction of sp³-hybridized carbons (Fsp3) is 0.111. The number of benzene rings is 1. The van der Waals surface area contributed by atoms with Crippen molar-refractivity contribution >= 4 is 17.5 Å². The summed E-state index contributed by atoms with van der Waals surface area (Å²) in [4.78, 5) is 16.1. The molecule has 2 heterocycles. The van der Waals surface area contributed by atoms with Gasteiger partial charge in [0.05, 0.1) is 7.11 Å². The van der Waals surface area contributed by atoms with E-state index in [4.69, 9.17) is 25.5 Å². The highest BCUT2D eigenvalue weighted by atomic mass is 35.5. The van der Waals surface area contributed by atoms with Crippen LogP contribution in [0.1, 0.15) is 16.1 Å². The molecule has 0 fully saturated rings. The number of furan rings is 1. The zero-order valence-electron chi connectivity index (χ0n) is 13.4. The third-order valence-electron chi connectivity index (χ3n) is 3.31. The number of rotatable bonds is 6. The van der Waals surface area contributed by atoms with Crippen molar-refractivity contribution < 1.29 is 18.7 Å². The molecule has 0 radical (unpaired) electrons. The second kappa shape index (κ2) is 7.72. The highest BCUT2D eigenvalue weighted by molar-refractivity contribution is 6.29. The molecule has 128 valence electrons. The van der Waals surface area contributed by atoms with Gasteiger partial charge in [-0.1, -0.05) is 12.1 Å². The Balaban J connectivity index is 1.57. The Labute approximate surface area is 149 Å². The summed E-state index contributed by atoms with van der Waals surface area (Å²) >= 11 is 5.65. The maximum Gasteiger partial charge on any atom is 0.287 e. The van der Waals surface area contributed by atoms with E-state index >= 15 is 0 Å². The van der Waals surface area contributed by atoms with Gasteiger partial charge < -0.3 is 19.2 Å². The first-order valence-corrected chi connectivity index (χ1v) is 7.82. The van der Waals surface area contributed by atoms with Gasteiger partial charge in [0.25, 0.3) is 5.91 Å². The maximum absolute atomic E-state index is 11.9. The van der Waals surface area contributed by atoms with Crippen molar-refractivity contribution in [1.29, 1.82) is 0 Å². The summed E-state index contributed by atoms with van der Waals surface area (Å²) in [6.45, 7) is 0.309. The van der Waals surface area contributed by atoms with E-state index in [1.54, 1.807) is 25.4 Å². The van der Waals surface area contributed by atoms with Crippen LogP contribution in [0.3, 0.4) is 0 Å². The molecule has 0 aliphatic rings. The molecule has 2 aromatic heterocycles. The molecule has 0 aliphatic carbocycles. The molecule has 3 rings (SSSR count). The van der Waals surface area contributed by atoms with Crippen molar-refractivity contribution in [2.45, 2.75) is 6.54 Å². The third kappa shape index (κ3) is 4.51. The molecular formula is C18H15ClN2O4. The lowest BCUT2D eigenvalue weighted by atomic mass is 10.3. The standard InChI is InChI=1S/C18H15ClN2O4/c1-23-13-3-2-4-14(9-13)24-17-8-5-12(10-20-17)11-21-18(22)15-6-7-16(19)25-15/h2-10H,11H2,1H3,(H,21,22). The molecule has 0 unspecified atom stereocenters. The largest absolute Gasteiger partial charge is 0.497 e. The Morgan fingerprint density at radius 1 is 1.20 bits per heavy atom. The van der Waals surface area contributed by atoms with E-state index in [0.29, 0.717) is 23.9 Å². The van der Waals surface area contributed by atoms with Crippen LogP contribution in [-0.4, -0.2) is 18.0 Å². The minimum Gasteiger partial charge on any atom is -0.497 e. The summed E-state index contributed by atoms with van der Waals surface area (Å²) in [6.07, 6.45) is 1.63. The van der Waals surface area contributed by atoms with Gasteiger partial charge in [-0.25, -0.2) is 4.98 Å². The van der Waals surface area contributed by atoms with Crippen LogP contribution in [0.25, 0.3) is 0 Å². The molecule has 0 aliphatic heterocycles. The van der Waals surface area contributed by atoms with Gasteiger partial charge >= 0.3 is 0 Å². The van der Waals surface area contributed by atoms with Crippen LogP contribution in [0.2, 0.25) is 5.22 Å². The van der Waals surface area contributed by atoms with Gasteiger partial charge in [-0.05, 0) is 41.4 Å². The molecule has 0 spiro atoms. The van der Waals surface area contributed by atoms with Crippen LogP contribution in [0.15, 0.2) is 59.1 Å². The van der Waals surface area contributed by atoms with Gasteiger partial charge in [0.2, 0.25) is 5.88 Å². The average molecular weight is 359 g/mol. The Kier molecular flexibility index (Phi) is 5.20. The van der Waals surface area contributed by atoms with Crippen LogP contribution < -0.4 is 14.8 Å². The smallest absolute Gasteiger partial charge is 0.287 e. The van der Waals surface area contributed by atoms with E-state index in [1.807, 2.05) is 24.3 Å². The van der Waals surface area contributed by atoms with E-state index in [-0.39, 0.29) is 16.9 Å². The molecule has 0 atom stereocenters. The van der Waals surface area contributed by atoms with E-state index in [0.717, 1.165) is 5.56 Å². The minimum absolute atomic E-state index is 0.163. The summed E-state index contributed by atoms with van der Waals surface area (Å²) in [6, 6.07) is 13.8. The summed E-state index contributed by atoms with van der Waals surface area (Å²) in [7, 11) is 1.59. The number of nitrogens with zero attached hydrogens (tertiary/aromatic N) is 1.